The molecule has 1 heterocycles. The molecule has 1 aromatic heterocycles. The number of carbonyl (C=O) groups is 2. The van der Waals surface area contributed by atoms with E-state index in [2.05, 4.69) is 0 Å². The zero-order chi connectivity index (χ0) is 20.6. The lowest BCUT2D eigenvalue weighted by Crippen LogP contribution is -2.38. The number of carbonyl (C=O) groups excluding carboxylic acids is 2. The van der Waals surface area contributed by atoms with Gasteiger partial charge in [0.15, 0.2) is 12.4 Å². The van der Waals surface area contributed by atoms with Gasteiger partial charge in [-0.25, -0.2) is 0 Å². The number of ketones is 1. The molecule has 3 N–H and O–H groups in total. The minimum Gasteiger partial charge on any atom is -0.507 e. The maximum Gasteiger partial charge on any atom is 0.254 e. The first-order valence-electron chi connectivity index (χ1n) is 9.01. The molecule has 27 heavy (non-hydrogen) atoms. The van der Waals surface area contributed by atoms with Crippen LogP contribution >= 0.6 is 0 Å². The molecule has 1 amide bonds. The van der Waals surface area contributed by atoms with E-state index in [-0.39, 0.29) is 28.9 Å². The number of Topliss-reactive ketones (excluding diaryl/α,β-unsaturated/α-hetero) is 1. The van der Waals surface area contributed by atoms with Gasteiger partial charge in [0.25, 0.3) is 5.91 Å². The summed E-state index contributed by atoms with van der Waals surface area (Å²) >= 11 is 0. The number of rotatable bonds is 4. The van der Waals surface area contributed by atoms with Crippen LogP contribution in [0.5, 0.6) is 5.75 Å². The first-order valence-corrected chi connectivity index (χ1v) is 9.01. The van der Waals surface area contributed by atoms with Crippen molar-refractivity contribution in [3.63, 3.8) is 0 Å². The number of aromatic nitrogens is 1. The third kappa shape index (κ3) is 4.73. The lowest BCUT2D eigenvalue weighted by Gasteiger charge is -2.27. The quantitative estimate of drug-likeness (QED) is 0.641. The summed E-state index contributed by atoms with van der Waals surface area (Å²) in [5.41, 5.74) is 7.08. The third-order valence-electron chi connectivity index (χ3n) is 4.52. The van der Waals surface area contributed by atoms with Gasteiger partial charge in [-0.05, 0) is 29.0 Å². The fraction of sp³-hybridized carbons (Fsp3) is 0.409. The first-order chi connectivity index (χ1) is 12.3. The molecule has 0 aliphatic carbocycles. The summed E-state index contributed by atoms with van der Waals surface area (Å²) in [6, 6.07) is 6.83. The Hall–Kier alpha value is -2.69. The molecule has 5 nitrogen and oxygen atoms in total. The second-order valence-corrected chi connectivity index (χ2v) is 8.97. The van der Waals surface area contributed by atoms with Crippen molar-refractivity contribution in [1.29, 1.82) is 0 Å². The molecule has 144 valence electrons. The van der Waals surface area contributed by atoms with Crippen LogP contribution in [0.2, 0.25) is 0 Å². The van der Waals surface area contributed by atoms with Crippen molar-refractivity contribution in [3.8, 4) is 5.75 Å². The summed E-state index contributed by atoms with van der Waals surface area (Å²) in [7, 11) is 0. The van der Waals surface area contributed by atoms with Gasteiger partial charge in [0, 0.05) is 22.8 Å². The normalized spacial score (nSPS) is 12.1. The maximum atomic E-state index is 12.9. The summed E-state index contributed by atoms with van der Waals surface area (Å²) in [5.74, 6) is -0.390. The van der Waals surface area contributed by atoms with E-state index in [1.54, 1.807) is 41.2 Å². The number of amides is 1. The maximum absolute atomic E-state index is 12.9. The smallest absolute Gasteiger partial charge is 0.254 e. The lowest BCUT2D eigenvalue weighted by atomic mass is 9.78. The van der Waals surface area contributed by atoms with Crippen LogP contribution in [0.25, 0.3) is 0 Å². The van der Waals surface area contributed by atoms with Crippen molar-refractivity contribution in [2.24, 2.45) is 5.73 Å². The molecule has 1 aromatic carbocycles. The number of phenolic OH excluding ortho intramolecular Hbond substituents is 1. The summed E-state index contributed by atoms with van der Waals surface area (Å²) in [6.45, 7) is 12.1. The molecule has 0 bridgehead atoms. The number of benzene rings is 1. The highest BCUT2D eigenvalue weighted by Crippen LogP contribution is 2.39. The van der Waals surface area contributed by atoms with E-state index < -0.39 is 5.91 Å². The summed E-state index contributed by atoms with van der Waals surface area (Å²) in [5, 5.41) is 10.8. The van der Waals surface area contributed by atoms with Crippen molar-refractivity contribution >= 4 is 11.7 Å². The van der Waals surface area contributed by atoms with E-state index in [0.717, 1.165) is 11.1 Å². The minimum absolute atomic E-state index is 0.0824. The highest BCUT2D eigenvalue weighted by atomic mass is 16.3. The van der Waals surface area contributed by atoms with Crippen LogP contribution in [-0.2, 0) is 17.4 Å². The van der Waals surface area contributed by atoms with Crippen LogP contribution in [-0.4, -0.2) is 16.8 Å². The molecule has 0 saturated heterocycles. The monoisotopic (exact) mass is 369 g/mol. The van der Waals surface area contributed by atoms with Gasteiger partial charge in [0.1, 0.15) is 11.3 Å². The van der Waals surface area contributed by atoms with E-state index >= 15 is 0 Å². The van der Waals surface area contributed by atoms with E-state index in [4.69, 9.17) is 5.73 Å². The van der Waals surface area contributed by atoms with Crippen molar-refractivity contribution < 1.29 is 19.3 Å². The highest BCUT2D eigenvalue weighted by Gasteiger charge is 2.28. The molecule has 0 spiro atoms. The van der Waals surface area contributed by atoms with Crippen molar-refractivity contribution in [2.75, 3.05) is 0 Å². The Bertz CT molecular complexity index is 852. The topological polar surface area (TPSA) is 84.3 Å². The van der Waals surface area contributed by atoms with Gasteiger partial charge in [0.05, 0.1) is 0 Å². The molecule has 0 radical (unpaired) electrons. The number of primary amides is 1. The molecule has 2 rings (SSSR count). The standard InChI is InChI=1S/C22H28N2O3/c1-21(2,3)16-10-15(11-17(19(16)26)22(4,5)6)18(25)13-24-9-7-8-14(12-24)20(23)27/h7-12H,13H2,1-6H3,(H2-,23,25,26,27)/p+1. The number of hydrogen-bond acceptors (Lipinski definition) is 3. The van der Waals surface area contributed by atoms with Crippen LogP contribution in [0, 0.1) is 0 Å². The molecule has 0 aliphatic rings. The average molecular weight is 369 g/mol. The second-order valence-electron chi connectivity index (χ2n) is 8.97. The third-order valence-corrected chi connectivity index (χ3v) is 4.52. The van der Waals surface area contributed by atoms with Gasteiger partial charge in [0.2, 0.25) is 12.3 Å². The predicted molar refractivity (Wildman–Crippen MR) is 105 cm³/mol. The first kappa shape index (κ1) is 20.6. The Morgan fingerprint density at radius 2 is 1.52 bits per heavy atom. The van der Waals surface area contributed by atoms with Crippen molar-refractivity contribution in [2.45, 2.75) is 58.9 Å². The average Bonchev–Trinajstić information content (AvgIpc) is 2.52. The van der Waals surface area contributed by atoms with E-state index in [1.165, 1.54) is 0 Å². The van der Waals surface area contributed by atoms with Crippen LogP contribution in [0.4, 0.5) is 0 Å². The molecule has 0 fully saturated rings. The number of phenols is 1. The van der Waals surface area contributed by atoms with Gasteiger partial charge in [-0.2, -0.15) is 4.57 Å². The van der Waals surface area contributed by atoms with E-state index in [0.29, 0.717) is 11.1 Å². The van der Waals surface area contributed by atoms with Crippen LogP contribution < -0.4 is 10.3 Å². The van der Waals surface area contributed by atoms with Crippen molar-refractivity contribution in [1.82, 2.24) is 0 Å². The number of hydrogen-bond donors (Lipinski definition) is 2. The minimum atomic E-state index is -0.536. The molecule has 0 saturated carbocycles. The highest BCUT2D eigenvalue weighted by molar-refractivity contribution is 5.96. The van der Waals surface area contributed by atoms with Crippen LogP contribution in [0.3, 0.4) is 0 Å². The number of pyridine rings is 1. The molecular formula is C22H29N2O3+. The Morgan fingerprint density at radius 1 is 1.00 bits per heavy atom. The largest absolute Gasteiger partial charge is 0.507 e. The van der Waals surface area contributed by atoms with Crippen LogP contribution in [0.15, 0.2) is 36.7 Å². The predicted octanol–water partition coefficient (Wildman–Crippen LogP) is 3.26. The summed E-state index contributed by atoms with van der Waals surface area (Å²) in [6.07, 6.45) is 3.29. The van der Waals surface area contributed by atoms with Gasteiger partial charge in [-0.3, -0.25) is 9.59 Å². The molecular weight excluding hydrogens is 340 g/mol. The molecule has 2 aromatic rings. The Labute approximate surface area is 160 Å². The zero-order valence-electron chi connectivity index (χ0n) is 17.0. The Kier molecular flexibility index (Phi) is 5.45. The van der Waals surface area contributed by atoms with E-state index in [1.807, 2.05) is 41.5 Å². The Morgan fingerprint density at radius 3 is 1.96 bits per heavy atom. The van der Waals surface area contributed by atoms with Crippen LogP contribution in [0.1, 0.15) is 73.4 Å². The van der Waals surface area contributed by atoms with Gasteiger partial charge in [-0.1, -0.05) is 41.5 Å². The number of aromatic hydroxyl groups is 1. The Balaban J connectivity index is 2.50. The fourth-order valence-corrected chi connectivity index (χ4v) is 2.96. The fourth-order valence-electron chi connectivity index (χ4n) is 2.96. The second kappa shape index (κ2) is 7.14. The summed E-state index contributed by atoms with van der Waals surface area (Å²) in [4.78, 5) is 24.3. The van der Waals surface area contributed by atoms with Gasteiger partial charge >= 0.3 is 0 Å². The molecule has 0 atom stereocenters. The van der Waals surface area contributed by atoms with Gasteiger partial charge in [-0.15, -0.1) is 0 Å². The molecule has 0 unspecified atom stereocenters. The van der Waals surface area contributed by atoms with Gasteiger partial charge < -0.3 is 10.8 Å². The van der Waals surface area contributed by atoms with E-state index in [9.17, 15) is 14.7 Å². The molecule has 0 aliphatic heterocycles. The number of nitrogens with zero attached hydrogens (tertiary/aromatic N) is 1. The summed E-state index contributed by atoms with van der Waals surface area (Å²) < 4.78 is 1.64. The number of nitrogens with two attached hydrogens (primary N) is 1. The zero-order valence-corrected chi connectivity index (χ0v) is 17.0. The lowest BCUT2D eigenvalue weighted by molar-refractivity contribution is -0.683. The SMILES string of the molecule is CC(C)(C)c1cc(C(=O)C[n+]2cccc(C(N)=O)c2)cc(C(C)(C)C)c1O. The molecule has 5 heteroatoms. The van der Waals surface area contributed by atoms with Crippen molar-refractivity contribution in [3.05, 3.63) is 58.9 Å².